The van der Waals surface area contributed by atoms with E-state index in [0.29, 0.717) is 11.5 Å². The predicted octanol–water partition coefficient (Wildman–Crippen LogP) is 0.514. The fourth-order valence-corrected chi connectivity index (χ4v) is 2.75. The fourth-order valence-electron chi connectivity index (χ4n) is 2.75. The van der Waals surface area contributed by atoms with Crippen molar-refractivity contribution in [2.24, 2.45) is 11.7 Å². The molecule has 4 unspecified atom stereocenters. The van der Waals surface area contributed by atoms with Crippen LogP contribution in [0.2, 0.25) is 0 Å². The topological polar surface area (TPSA) is 77.5 Å². The first kappa shape index (κ1) is 10.8. The van der Waals surface area contributed by atoms with Crippen LogP contribution in [0.1, 0.15) is 23.2 Å². The number of carbonyl (C=O) groups is 1. The molecule has 2 heterocycles. The van der Waals surface area contributed by atoms with E-state index in [9.17, 15) is 4.79 Å². The van der Waals surface area contributed by atoms with E-state index in [4.69, 9.17) is 14.9 Å². The predicted molar refractivity (Wildman–Crippen MR) is 60.4 cm³/mol. The Bertz CT molecular complexity index is 404. The summed E-state index contributed by atoms with van der Waals surface area (Å²) in [4.78, 5) is 11.8. The number of furan rings is 1. The maximum Gasteiger partial charge on any atom is 0.254 e. The van der Waals surface area contributed by atoms with Crippen LogP contribution in [-0.2, 0) is 4.74 Å². The normalized spacial score (nSPS) is 35.8. The Kier molecular flexibility index (Phi) is 2.64. The van der Waals surface area contributed by atoms with E-state index in [1.165, 1.54) is 12.5 Å². The molecule has 1 amide bonds. The first-order chi connectivity index (χ1) is 8.27. The highest BCUT2D eigenvalue weighted by Crippen LogP contribution is 2.37. The lowest BCUT2D eigenvalue weighted by Crippen LogP contribution is -2.72. The standard InChI is InChI=1S/C12H16N2O3/c13-9-8-2-1-4-17-11(8)10(9)14-12(15)7-3-5-16-6-7/h3,5-6,8-11H,1-2,4,13H2,(H,14,15). The Balaban J connectivity index is 1.64. The van der Waals surface area contributed by atoms with Crippen LogP contribution in [0, 0.1) is 5.92 Å². The van der Waals surface area contributed by atoms with E-state index in [0.717, 1.165) is 19.4 Å². The van der Waals surface area contributed by atoms with Crippen molar-refractivity contribution in [2.75, 3.05) is 6.61 Å². The van der Waals surface area contributed by atoms with Crippen molar-refractivity contribution < 1.29 is 13.9 Å². The van der Waals surface area contributed by atoms with Crippen LogP contribution >= 0.6 is 0 Å². The molecule has 0 spiro atoms. The molecule has 3 N–H and O–H groups in total. The summed E-state index contributed by atoms with van der Waals surface area (Å²) >= 11 is 0. The van der Waals surface area contributed by atoms with E-state index < -0.39 is 0 Å². The maximum atomic E-state index is 11.8. The van der Waals surface area contributed by atoms with Crippen molar-refractivity contribution in [2.45, 2.75) is 31.0 Å². The Labute approximate surface area is 99.3 Å². The van der Waals surface area contributed by atoms with Gasteiger partial charge >= 0.3 is 0 Å². The quantitative estimate of drug-likeness (QED) is 0.784. The van der Waals surface area contributed by atoms with Gasteiger partial charge in [-0.05, 0) is 18.9 Å². The molecule has 3 rings (SSSR count). The molecule has 4 atom stereocenters. The molecule has 17 heavy (non-hydrogen) atoms. The monoisotopic (exact) mass is 236 g/mol. The minimum Gasteiger partial charge on any atom is -0.472 e. The van der Waals surface area contributed by atoms with Crippen molar-refractivity contribution in [3.63, 3.8) is 0 Å². The third kappa shape index (κ3) is 1.75. The largest absolute Gasteiger partial charge is 0.472 e. The minimum absolute atomic E-state index is 0.0103. The third-order valence-electron chi connectivity index (χ3n) is 3.76. The number of hydrogen-bond acceptors (Lipinski definition) is 4. The van der Waals surface area contributed by atoms with Gasteiger partial charge < -0.3 is 20.2 Å². The van der Waals surface area contributed by atoms with E-state index in [-0.39, 0.29) is 24.1 Å². The van der Waals surface area contributed by atoms with Gasteiger partial charge in [-0.3, -0.25) is 4.79 Å². The van der Waals surface area contributed by atoms with Gasteiger partial charge in [0.25, 0.3) is 5.91 Å². The smallest absolute Gasteiger partial charge is 0.254 e. The van der Waals surface area contributed by atoms with Gasteiger partial charge in [-0.15, -0.1) is 0 Å². The van der Waals surface area contributed by atoms with Gasteiger partial charge in [-0.2, -0.15) is 0 Å². The Morgan fingerprint density at radius 3 is 3.18 bits per heavy atom. The molecule has 0 aromatic carbocycles. The van der Waals surface area contributed by atoms with Crippen LogP contribution in [0.25, 0.3) is 0 Å². The summed E-state index contributed by atoms with van der Waals surface area (Å²) in [5.41, 5.74) is 6.59. The van der Waals surface area contributed by atoms with Crippen LogP contribution in [-0.4, -0.2) is 30.7 Å². The lowest BCUT2D eigenvalue weighted by atomic mass is 9.68. The van der Waals surface area contributed by atoms with Gasteiger partial charge in [0.1, 0.15) is 6.26 Å². The SMILES string of the molecule is NC1C2CCCOC2C1NC(=O)c1ccoc1. The zero-order valence-corrected chi connectivity index (χ0v) is 9.46. The Morgan fingerprint density at radius 1 is 1.53 bits per heavy atom. The highest BCUT2D eigenvalue weighted by Gasteiger charge is 2.51. The van der Waals surface area contributed by atoms with E-state index in [1.807, 2.05) is 0 Å². The Morgan fingerprint density at radius 2 is 2.41 bits per heavy atom. The van der Waals surface area contributed by atoms with Crippen molar-refractivity contribution in [1.82, 2.24) is 5.32 Å². The highest BCUT2D eigenvalue weighted by atomic mass is 16.5. The van der Waals surface area contributed by atoms with E-state index in [2.05, 4.69) is 5.32 Å². The van der Waals surface area contributed by atoms with Gasteiger partial charge in [-0.1, -0.05) is 0 Å². The molecule has 0 bridgehead atoms. The summed E-state index contributed by atoms with van der Waals surface area (Å²) in [5, 5.41) is 2.92. The lowest BCUT2D eigenvalue weighted by Gasteiger charge is -2.52. The molecular formula is C12H16N2O3. The summed E-state index contributed by atoms with van der Waals surface area (Å²) in [7, 11) is 0. The molecule has 92 valence electrons. The number of nitrogens with two attached hydrogens (primary N) is 1. The van der Waals surface area contributed by atoms with Crippen LogP contribution in [0.4, 0.5) is 0 Å². The first-order valence-corrected chi connectivity index (χ1v) is 5.97. The molecule has 0 radical (unpaired) electrons. The number of amides is 1. The summed E-state index contributed by atoms with van der Waals surface area (Å²) in [6, 6.07) is 1.58. The second kappa shape index (κ2) is 4.16. The zero-order chi connectivity index (χ0) is 11.8. The van der Waals surface area contributed by atoms with Crippen molar-refractivity contribution >= 4 is 5.91 Å². The van der Waals surface area contributed by atoms with Crippen LogP contribution < -0.4 is 11.1 Å². The molecule has 1 aromatic heterocycles. The number of ether oxygens (including phenoxy) is 1. The summed E-state index contributed by atoms with van der Waals surface area (Å²) < 4.78 is 10.5. The molecule has 1 aliphatic carbocycles. The van der Waals surface area contributed by atoms with Crippen LogP contribution in [0.3, 0.4) is 0 Å². The van der Waals surface area contributed by atoms with Gasteiger partial charge in [0.2, 0.25) is 0 Å². The molecule has 1 aliphatic heterocycles. The Hall–Kier alpha value is -1.33. The summed E-state index contributed by atoms with van der Waals surface area (Å²) in [6.07, 6.45) is 5.17. The second-order valence-corrected chi connectivity index (χ2v) is 4.73. The number of carbonyl (C=O) groups excluding carboxylic acids is 1. The molecule has 2 fully saturated rings. The van der Waals surface area contributed by atoms with Gasteiger partial charge in [0.05, 0.1) is 24.0 Å². The number of hydrogen-bond donors (Lipinski definition) is 2. The van der Waals surface area contributed by atoms with Crippen LogP contribution in [0.5, 0.6) is 0 Å². The number of rotatable bonds is 2. The lowest BCUT2D eigenvalue weighted by molar-refractivity contribution is -0.117. The number of fused-ring (bicyclic) bond motifs is 1. The highest BCUT2D eigenvalue weighted by molar-refractivity contribution is 5.94. The number of nitrogens with one attached hydrogen (secondary N) is 1. The molecular weight excluding hydrogens is 220 g/mol. The van der Waals surface area contributed by atoms with Crippen molar-refractivity contribution in [3.05, 3.63) is 24.2 Å². The molecule has 1 saturated heterocycles. The summed E-state index contributed by atoms with van der Waals surface area (Å²) in [5.74, 6) is 0.255. The van der Waals surface area contributed by atoms with E-state index >= 15 is 0 Å². The molecule has 5 heteroatoms. The van der Waals surface area contributed by atoms with Crippen molar-refractivity contribution in [1.29, 1.82) is 0 Å². The van der Waals surface area contributed by atoms with Gasteiger partial charge in [0, 0.05) is 18.6 Å². The van der Waals surface area contributed by atoms with E-state index in [1.54, 1.807) is 6.07 Å². The van der Waals surface area contributed by atoms with Crippen LogP contribution in [0.15, 0.2) is 23.0 Å². The molecule has 1 aromatic rings. The maximum absolute atomic E-state index is 11.8. The van der Waals surface area contributed by atoms with Gasteiger partial charge in [-0.25, -0.2) is 0 Å². The fraction of sp³-hybridized carbons (Fsp3) is 0.583. The van der Waals surface area contributed by atoms with Crippen molar-refractivity contribution in [3.8, 4) is 0 Å². The molecule has 5 nitrogen and oxygen atoms in total. The average molecular weight is 236 g/mol. The third-order valence-corrected chi connectivity index (χ3v) is 3.76. The average Bonchev–Trinajstić information content (AvgIpc) is 2.89. The second-order valence-electron chi connectivity index (χ2n) is 4.73. The van der Waals surface area contributed by atoms with Gasteiger partial charge in [0.15, 0.2) is 0 Å². The zero-order valence-electron chi connectivity index (χ0n) is 9.46. The minimum atomic E-state index is -0.146. The molecule has 1 saturated carbocycles. The molecule has 2 aliphatic rings. The first-order valence-electron chi connectivity index (χ1n) is 5.97. The summed E-state index contributed by atoms with van der Waals surface area (Å²) in [6.45, 7) is 0.770.